The third kappa shape index (κ3) is 6.69. The highest BCUT2D eigenvalue weighted by atomic mass is 32.2. The van der Waals surface area contributed by atoms with E-state index in [2.05, 4.69) is 47.7 Å². The van der Waals surface area contributed by atoms with Gasteiger partial charge in [0.25, 0.3) is 5.91 Å². The topological polar surface area (TPSA) is 88.9 Å². The van der Waals surface area contributed by atoms with Gasteiger partial charge in [-0.3, -0.25) is 9.59 Å². The number of benzene rings is 3. The largest absolute Gasteiger partial charge is 0.325 e. The van der Waals surface area contributed by atoms with Crippen LogP contribution >= 0.6 is 11.8 Å². The summed E-state index contributed by atoms with van der Waals surface area (Å²) in [5.41, 5.74) is 6.38. The van der Waals surface area contributed by atoms with E-state index < -0.39 is 0 Å². The zero-order chi connectivity index (χ0) is 27.4. The van der Waals surface area contributed by atoms with E-state index in [1.165, 1.54) is 17.3 Å². The van der Waals surface area contributed by atoms with Gasteiger partial charge in [-0.05, 0) is 84.5 Å². The van der Waals surface area contributed by atoms with Gasteiger partial charge >= 0.3 is 0 Å². The number of aromatic nitrogens is 3. The number of hydrogen-bond donors (Lipinski definition) is 2. The number of nitrogens with zero attached hydrogens (tertiary/aromatic N) is 3. The monoisotopic (exact) mass is 527 g/mol. The van der Waals surface area contributed by atoms with Crippen LogP contribution in [0.15, 0.2) is 71.9 Å². The summed E-state index contributed by atoms with van der Waals surface area (Å²) in [5, 5.41) is 15.1. The Kier molecular flexibility index (Phi) is 8.02. The van der Waals surface area contributed by atoms with Crippen molar-refractivity contribution >= 4 is 35.0 Å². The number of anilines is 2. The summed E-state index contributed by atoms with van der Waals surface area (Å²) in [5.74, 6) is 0.644. The lowest BCUT2D eigenvalue weighted by atomic mass is 9.87. The second kappa shape index (κ2) is 11.2. The molecule has 0 saturated carbocycles. The van der Waals surface area contributed by atoms with Crippen molar-refractivity contribution in [2.24, 2.45) is 7.05 Å². The summed E-state index contributed by atoms with van der Waals surface area (Å²) in [6, 6.07) is 21.1. The molecule has 196 valence electrons. The second-order valence-corrected chi connectivity index (χ2v) is 11.4. The fourth-order valence-electron chi connectivity index (χ4n) is 4.09. The van der Waals surface area contributed by atoms with E-state index in [0.717, 1.165) is 22.4 Å². The Balaban J connectivity index is 1.36. The first-order valence-electron chi connectivity index (χ1n) is 12.4. The predicted octanol–water partition coefficient (Wildman–Crippen LogP) is 6.38. The molecule has 4 rings (SSSR count). The van der Waals surface area contributed by atoms with Gasteiger partial charge in [-0.2, -0.15) is 0 Å². The van der Waals surface area contributed by atoms with Crippen molar-refractivity contribution < 1.29 is 9.59 Å². The van der Waals surface area contributed by atoms with Crippen molar-refractivity contribution in [1.82, 2.24) is 14.8 Å². The molecule has 2 N–H and O–H groups in total. The highest BCUT2D eigenvalue weighted by Crippen LogP contribution is 2.25. The number of thioether (sulfide) groups is 1. The van der Waals surface area contributed by atoms with Gasteiger partial charge in [-0.25, -0.2) is 0 Å². The summed E-state index contributed by atoms with van der Waals surface area (Å²) in [6.07, 6.45) is 0. The summed E-state index contributed by atoms with van der Waals surface area (Å²) in [6.45, 7) is 10.4. The van der Waals surface area contributed by atoms with Crippen LogP contribution in [0.1, 0.15) is 47.8 Å². The maximum Gasteiger partial charge on any atom is 0.255 e. The Morgan fingerprint density at radius 2 is 1.47 bits per heavy atom. The quantitative estimate of drug-likeness (QED) is 0.272. The van der Waals surface area contributed by atoms with E-state index in [1.54, 1.807) is 0 Å². The van der Waals surface area contributed by atoms with E-state index in [1.807, 2.05) is 86.1 Å². The molecule has 2 amide bonds. The van der Waals surface area contributed by atoms with E-state index in [9.17, 15) is 9.59 Å². The number of amides is 2. The highest BCUT2D eigenvalue weighted by Gasteiger charge is 2.16. The Bertz CT molecular complexity index is 1430. The molecule has 8 heteroatoms. The molecule has 0 spiro atoms. The minimum absolute atomic E-state index is 0.0377. The molecule has 0 aliphatic heterocycles. The van der Waals surface area contributed by atoms with E-state index in [4.69, 9.17) is 0 Å². The first-order valence-corrected chi connectivity index (χ1v) is 13.4. The highest BCUT2D eigenvalue weighted by molar-refractivity contribution is 7.99. The lowest BCUT2D eigenvalue weighted by Gasteiger charge is -2.19. The third-order valence-electron chi connectivity index (χ3n) is 6.09. The molecule has 38 heavy (non-hydrogen) atoms. The molecule has 0 fully saturated rings. The Morgan fingerprint density at radius 3 is 2.08 bits per heavy atom. The first kappa shape index (κ1) is 27.1. The molecule has 1 aromatic heterocycles. The first-order chi connectivity index (χ1) is 18.0. The summed E-state index contributed by atoms with van der Waals surface area (Å²) in [7, 11) is 1.87. The van der Waals surface area contributed by atoms with Gasteiger partial charge in [0.05, 0.1) is 5.75 Å². The fourth-order valence-corrected chi connectivity index (χ4v) is 4.80. The molecule has 0 radical (unpaired) electrons. The minimum atomic E-state index is -0.158. The zero-order valence-electron chi connectivity index (χ0n) is 22.6. The molecule has 0 aliphatic rings. The van der Waals surface area contributed by atoms with Crippen molar-refractivity contribution in [2.45, 2.75) is 45.2 Å². The Morgan fingerprint density at radius 1 is 0.842 bits per heavy atom. The van der Waals surface area contributed by atoms with E-state index >= 15 is 0 Å². The van der Waals surface area contributed by atoms with Crippen LogP contribution < -0.4 is 10.6 Å². The van der Waals surface area contributed by atoms with Crippen LogP contribution in [0.25, 0.3) is 11.4 Å². The molecule has 0 saturated heterocycles. The number of hydrogen-bond acceptors (Lipinski definition) is 5. The third-order valence-corrected chi connectivity index (χ3v) is 7.11. The van der Waals surface area contributed by atoms with Gasteiger partial charge in [0.15, 0.2) is 11.0 Å². The maximum atomic E-state index is 12.7. The van der Waals surface area contributed by atoms with Gasteiger partial charge < -0.3 is 15.2 Å². The number of aryl methyl sites for hydroxylation is 2. The number of carbonyl (C=O) groups excluding carboxylic acids is 2. The van der Waals surface area contributed by atoms with Crippen LogP contribution in [0.3, 0.4) is 0 Å². The van der Waals surface area contributed by atoms with Gasteiger partial charge in [-0.15, -0.1) is 10.2 Å². The van der Waals surface area contributed by atoms with Crippen LogP contribution in [-0.4, -0.2) is 32.3 Å². The van der Waals surface area contributed by atoms with Crippen LogP contribution in [0.2, 0.25) is 0 Å². The number of carbonyl (C=O) groups is 2. The van der Waals surface area contributed by atoms with E-state index in [-0.39, 0.29) is 23.0 Å². The Hall–Kier alpha value is -3.91. The molecule has 4 aromatic rings. The van der Waals surface area contributed by atoms with Crippen LogP contribution in [0.4, 0.5) is 11.4 Å². The molecule has 1 heterocycles. The minimum Gasteiger partial charge on any atom is -0.325 e. The molecule has 0 bridgehead atoms. The van der Waals surface area contributed by atoms with Gasteiger partial charge in [-0.1, -0.05) is 50.7 Å². The van der Waals surface area contributed by atoms with Crippen molar-refractivity contribution in [3.05, 3.63) is 89.0 Å². The second-order valence-electron chi connectivity index (χ2n) is 10.4. The van der Waals surface area contributed by atoms with Crippen LogP contribution in [0, 0.1) is 13.8 Å². The zero-order valence-corrected chi connectivity index (χ0v) is 23.4. The number of nitrogens with one attached hydrogen (secondary N) is 2. The van der Waals surface area contributed by atoms with Gasteiger partial charge in [0, 0.05) is 29.5 Å². The van der Waals surface area contributed by atoms with Gasteiger partial charge in [0.2, 0.25) is 5.91 Å². The van der Waals surface area contributed by atoms with Crippen molar-refractivity contribution in [2.75, 3.05) is 16.4 Å². The SMILES string of the molecule is Cc1cc(C)cc(NC(=O)CSc2nnc(-c3ccc(NC(=O)c4ccc(C(C)(C)C)cc4)cc3)n2C)c1. The van der Waals surface area contributed by atoms with Crippen molar-refractivity contribution in [3.8, 4) is 11.4 Å². The lowest BCUT2D eigenvalue weighted by Crippen LogP contribution is -2.14. The van der Waals surface area contributed by atoms with Crippen LogP contribution in [-0.2, 0) is 17.3 Å². The predicted molar refractivity (Wildman–Crippen MR) is 155 cm³/mol. The normalized spacial score (nSPS) is 11.3. The molecular weight excluding hydrogens is 494 g/mol. The average Bonchev–Trinajstić information content (AvgIpc) is 3.22. The molecule has 0 unspecified atom stereocenters. The fraction of sp³-hybridized carbons (Fsp3) is 0.267. The van der Waals surface area contributed by atoms with Crippen LogP contribution in [0.5, 0.6) is 0 Å². The van der Waals surface area contributed by atoms with Crippen molar-refractivity contribution in [3.63, 3.8) is 0 Å². The summed E-state index contributed by atoms with van der Waals surface area (Å²) >= 11 is 1.33. The Labute approximate surface area is 228 Å². The van der Waals surface area contributed by atoms with Gasteiger partial charge in [0.1, 0.15) is 0 Å². The molecular formula is C30H33N5O2S. The molecule has 7 nitrogen and oxygen atoms in total. The molecule has 3 aromatic carbocycles. The molecule has 0 aliphatic carbocycles. The summed E-state index contributed by atoms with van der Waals surface area (Å²) < 4.78 is 1.86. The standard InChI is InChI=1S/C30H33N5O2S/c1-19-15-20(2)17-25(16-19)31-26(36)18-38-29-34-33-27(35(29)6)21-9-13-24(14-10-21)32-28(37)22-7-11-23(12-8-22)30(3,4)5/h7-17H,18H2,1-6H3,(H,31,36)(H,32,37). The van der Waals surface area contributed by atoms with E-state index in [0.29, 0.717) is 22.2 Å². The lowest BCUT2D eigenvalue weighted by molar-refractivity contribution is -0.113. The summed E-state index contributed by atoms with van der Waals surface area (Å²) in [4.78, 5) is 25.2. The van der Waals surface area contributed by atoms with Crippen molar-refractivity contribution in [1.29, 1.82) is 0 Å². The smallest absolute Gasteiger partial charge is 0.255 e. The average molecular weight is 528 g/mol. The molecule has 0 atom stereocenters. The number of rotatable bonds is 7. The maximum absolute atomic E-state index is 12.7.